The van der Waals surface area contributed by atoms with E-state index >= 15 is 0 Å². The van der Waals surface area contributed by atoms with Gasteiger partial charge in [-0.2, -0.15) is 0 Å². The maximum atomic E-state index is 4.47. The number of nitrogens with zero attached hydrogens (tertiary/aromatic N) is 1. The van der Waals surface area contributed by atoms with Crippen molar-refractivity contribution in [2.75, 3.05) is 0 Å². The minimum atomic E-state index is 0.966. The molecule has 2 nitrogen and oxygen atoms in total. The third-order valence-electron chi connectivity index (χ3n) is 0.628. The largest absolute Gasteiger partial charge is 0.366 e. The van der Waals surface area contributed by atoms with Gasteiger partial charge >= 0.3 is 0 Å². The zero-order chi connectivity index (χ0) is 6.24. The second-order valence-electron chi connectivity index (χ2n) is 1.35. The van der Waals surface area contributed by atoms with E-state index in [4.69, 9.17) is 0 Å². The fraction of sp³-hybridized carbons (Fsp3) is 0.500. The van der Waals surface area contributed by atoms with Gasteiger partial charge in [0, 0.05) is 6.21 Å². The van der Waals surface area contributed by atoms with Crippen LogP contribution >= 0.6 is 0 Å². The van der Waals surface area contributed by atoms with E-state index in [9.17, 15) is 0 Å². The van der Waals surface area contributed by atoms with E-state index in [-0.39, 0.29) is 0 Å². The molecule has 0 bridgehead atoms. The van der Waals surface area contributed by atoms with Gasteiger partial charge in [0.15, 0.2) is 0 Å². The third kappa shape index (κ3) is 5.21. The van der Waals surface area contributed by atoms with Gasteiger partial charge in [-0.15, -0.1) is 0 Å². The van der Waals surface area contributed by atoms with Crippen LogP contribution in [0.4, 0.5) is 0 Å². The van der Waals surface area contributed by atoms with E-state index in [2.05, 4.69) is 23.5 Å². The highest BCUT2D eigenvalue weighted by atomic mass is 16.6. The molecular weight excluding hydrogens is 102 g/mol. The topological polar surface area (TPSA) is 21.6 Å². The Kier molecular flexibility index (Phi) is 5.60. The molecule has 0 atom stereocenters. The Morgan fingerprint density at radius 2 is 2.50 bits per heavy atom. The van der Waals surface area contributed by atoms with Crippen LogP contribution < -0.4 is 0 Å². The molecule has 0 saturated carbocycles. The van der Waals surface area contributed by atoms with E-state index in [1.165, 1.54) is 6.26 Å². The normalized spacial score (nSPS) is 9.62. The van der Waals surface area contributed by atoms with Gasteiger partial charge in [0.1, 0.15) is 6.26 Å². The SMILES string of the molecule is C=CON=CCCC. The van der Waals surface area contributed by atoms with Gasteiger partial charge in [0.05, 0.1) is 0 Å². The van der Waals surface area contributed by atoms with Crippen molar-refractivity contribution in [2.24, 2.45) is 5.16 Å². The van der Waals surface area contributed by atoms with Crippen LogP contribution in [0.5, 0.6) is 0 Å². The first kappa shape index (κ1) is 7.21. The maximum absolute atomic E-state index is 4.47. The molecule has 0 aliphatic rings. The van der Waals surface area contributed by atoms with Gasteiger partial charge in [-0.3, -0.25) is 0 Å². The third-order valence-corrected chi connectivity index (χ3v) is 0.628. The Bertz CT molecular complexity index is 78.6. The van der Waals surface area contributed by atoms with Crippen LogP contribution in [0.2, 0.25) is 0 Å². The zero-order valence-electron chi connectivity index (χ0n) is 5.13. The van der Waals surface area contributed by atoms with Crippen LogP contribution in [0.15, 0.2) is 18.0 Å². The lowest BCUT2D eigenvalue weighted by atomic mass is 10.4. The number of hydrogen-bond acceptors (Lipinski definition) is 2. The quantitative estimate of drug-likeness (QED) is 0.310. The second kappa shape index (κ2) is 6.21. The van der Waals surface area contributed by atoms with Crippen molar-refractivity contribution in [1.82, 2.24) is 0 Å². The van der Waals surface area contributed by atoms with Crippen LogP contribution in [0, 0.1) is 0 Å². The summed E-state index contributed by atoms with van der Waals surface area (Å²) in [6.07, 6.45) is 5.09. The summed E-state index contributed by atoms with van der Waals surface area (Å²) in [4.78, 5) is 4.47. The highest BCUT2D eigenvalue weighted by Gasteiger charge is 1.70. The molecule has 0 aliphatic heterocycles. The maximum Gasteiger partial charge on any atom is 0.114 e. The van der Waals surface area contributed by atoms with Crippen molar-refractivity contribution in [3.05, 3.63) is 12.8 Å². The van der Waals surface area contributed by atoms with Crippen LogP contribution in [-0.2, 0) is 4.84 Å². The molecule has 0 spiro atoms. The van der Waals surface area contributed by atoms with Gasteiger partial charge in [-0.1, -0.05) is 25.1 Å². The molecule has 0 saturated heterocycles. The van der Waals surface area contributed by atoms with Gasteiger partial charge in [-0.25, -0.2) is 0 Å². The van der Waals surface area contributed by atoms with E-state index in [0.717, 1.165) is 12.8 Å². The van der Waals surface area contributed by atoms with E-state index in [0.29, 0.717) is 0 Å². The number of rotatable bonds is 4. The van der Waals surface area contributed by atoms with Crippen LogP contribution in [0.3, 0.4) is 0 Å². The molecule has 0 radical (unpaired) electrons. The van der Waals surface area contributed by atoms with E-state index in [1.807, 2.05) is 0 Å². The summed E-state index contributed by atoms with van der Waals surface area (Å²) < 4.78 is 0. The standard InChI is InChI=1S/C6H11NO/c1-3-5-6-7-8-4-2/h4,6H,2-3,5H2,1H3. The summed E-state index contributed by atoms with van der Waals surface area (Å²) in [5.74, 6) is 0. The van der Waals surface area contributed by atoms with Gasteiger partial charge in [0.25, 0.3) is 0 Å². The van der Waals surface area contributed by atoms with Crippen molar-refractivity contribution >= 4 is 6.21 Å². The van der Waals surface area contributed by atoms with Crippen molar-refractivity contribution in [1.29, 1.82) is 0 Å². The molecule has 0 aromatic heterocycles. The summed E-state index contributed by atoms with van der Waals surface area (Å²) >= 11 is 0. The first-order valence-corrected chi connectivity index (χ1v) is 2.70. The van der Waals surface area contributed by atoms with Crippen LogP contribution in [0.1, 0.15) is 19.8 Å². The molecule has 0 unspecified atom stereocenters. The highest BCUT2D eigenvalue weighted by molar-refractivity contribution is 5.55. The lowest BCUT2D eigenvalue weighted by Crippen LogP contribution is -1.72. The molecule has 0 fully saturated rings. The number of unbranched alkanes of at least 4 members (excludes halogenated alkanes) is 1. The minimum absolute atomic E-state index is 0.966. The van der Waals surface area contributed by atoms with E-state index in [1.54, 1.807) is 6.21 Å². The first-order valence-electron chi connectivity index (χ1n) is 2.70. The van der Waals surface area contributed by atoms with Crippen molar-refractivity contribution < 1.29 is 4.84 Å². The second-order valence-corrected chi connectivity index (χ2v) is 1.35. The molecule has 0 heterocycles. The monoisotopic (exact) mass is 113 g/mol. The molecule has 0 N–H and O–H groups in total. The summed E-state index contributed by atoms with van der Waals surface area (Å²) in [5, 5.41) is 3.54. The van der Waals surface area contributed by atoms with Crippen LogP contribution in [0.25, 0.3) is 0 Å². The Hall–Kier alpha value is -0.790. The Labute approximate surface area is 49.8 Å². The molecule has 46 valence electrons. The summed E-state index contributed by atoms with van der Waals surface area (Å²) in [5.41, 5.74) is 0. The molecular formula is C6H11NO. The summed E-state index contributed by atoms with van der Waals surface area (Å²) in [6, 6.07) is 0. The summed E-state index contributed by atoms with van der Waals surface area (Å²) in [6.45, 7) is 5.41. The molecule has 2 heteroatoms. The van der Waals surface area contributed by atoms with Crippen molar-refractivity contribution in [3.8, 4) is 0 Å². The molecule has 0 aliphatic carbocycles. The van der Waals surface area contributed by atoms with Gasteiger partial charge < -0.3 is 4.84 Å². The fourth-order valence-corrected chi connectivity index (χ4v) is 0.268. The minimum Gasteiger partial charge on any atom is -0.366 e. The smallest absolute Gasteiger partial charge is 0.114 e. The Morgan fingerprint density at radius 3 is 3.00 bits per heavy atom. The average molecular weight is 113 g/mol. The molecule has 0 rings (SSSR count). The molecule has 0 aromatic rings. The van der Waals surface area contributed by atoms with Gasteiger partial charge in [0.2, 0.25) is 0 Å². The zero-order valence-corrected chi connectivity index (χ0v) is 5.13. The fourth-order valence-electron chi connectivity index (χ4n) is 0.268. The van der Waals surface area contributed by atoms with E-state index < -0.39 is 0 Å². The van der Waals surface area contributed by atoms with Crippen LogP contribution in [-0.4, -0.2) is 6.21 Å². The van der Waals surface area contributed by atoms with Gasteiger partial charge in [-0.05, 0) is 6.42 Å². The lowest BCUT2D eigenvalue weighted by molar-refractivity contribution is 0.271. The molecule has 0 aromatic carbocycles. The summed E-state index contributed by atoms with van der Waals surface area (Å²) in [7, 11) is 0. The van der Waals surface area contributed by atoms with Crippen molar-refractivity contribution in [2.45, 2.75) is 19.8 Å². The number of oxime groups is 1. The predicted molar refractivity (Wildman–Crippen MR) is 34.7 cm³/mol. The highest BCUT2D eigenvalue weighted by Crippen LogP contribution is 1.81. The molecule has 8 heavy (non-hydrogen) atoms. The first-order chi connectivity index (χ1) is 3.91. The molecule has 0 amide bonds. The van der Waals surface area contributed by atoms with Crippen molar-refractivity contribution in [3.63, 3.8) is 0 Å². The number of hydrogen-bond donors (Lipinski definition) is 0. The lowest BCUT2D eigenvalue weighted by Gasteiger charge is -1.83. The average Bonchev–Trinajstić information content (AvgIpc) is 1.81. The Morgan fingerprint density at radius 1 is 1.75 bits per heavy atom. The Balaban J connectivity index is 2.94. The predicted octanol–water partition coefficient (Wildman–Crippen LogP) is 1.93.